The van der Waals surface area contributed by atoms with Gasteiger partial charge in [0.25, 0.3) is 6.43 Å². The predicted octanol–water partition coefficient (Wildman–Crippen LogP) is 2.61. The normalized spacial score (nSPS) is 9.73. The average Bonchev–Trinajstić information content (AvgIpc) is 2.21. The highest BCUT2D eigenvalue weighted by Gasteiger charge is 2.17. The molecule has 0 spiro atoms. The predicted molar refractivity (Wildman–Crippen MR) is 48.2 cm³/mol. The van der Waals surface area contributed by atoms with E-state index in [0.29, 0.717) is 0 Å². The summed E-state index contributed by atoms with van der Waals surface area (Å²) >= 11 is 5.61. The highest BCUT2D eigenvalue weighted by Crippen LogP contribution is 2.29. The Hall–Kier alpha value is -1.72. The molecule has 0 radical (unpaired) electrons. The molecular weight excluding hydrogens is 224 g/mol. The van der Waals surface area contributed by atoms with E-state index >= 15 is 0 Å². The van der Waals surface area contributed by atoms with Crippen molar-refractivity contribution in [3.63, 3.8) is 0 Å². The minimum atomic E-state index is -2.79. The number of hydrogen-bond acceptors (Lipinski definition) is 3. The number of halogens is 3. The summed E-state index contributed by atoms with van der Waals surface area (Å²) in [6.45, 7) is 0. The first-order valence-corrected chi connectivity index (χ1v) is 4.22. The fourth-order valence-electron chi connectivity index (χ4n) is 1.01. The largest absolute Gasteiger partial charge is 0.265 e. The van der Waals surface area contributed by atoms with Crippen molar-refractivity contribution in [2.45, 2.75) is 12.8 Å². The van der Waals surface area contributed by atoms with E-state index in [1.54, 1.807) is 12.1 Å². The zero-order valence-corrected chi connectivity index (χ0v) is 8.09. The summed E-state index contributed by atoms with van der Waals surface area (Å²) in [6.07, 6.45) is -2.99. The summed E-state index contributed by atoms with van der Waals surface area (Å²) in [4.78, 5) is 3.67. The summed E-state index contributed by atoms with van der Waals surface area (Å²) in [5, 5.41) is 16.7. The second kappa shape index (κ2) is 4.68. The van der Waals surface area contributed by atoms with Gasteiger partial charge in [0.15, 0.2) is 0 Å². The van der Waals surface area contributed by atoms with E-state index in [9.17, 15) is 8.78 Å². The number of aromatic nitrogens is 1. The van der Waals surface area contributed by atoms with Crippen LogP contribution in [0.5, 0.6) is 0 Å². The van der Waals surface area contributed by atoms with Crippen molar-refractivity contribution in [2.24, 2.45) is 0 Å². The quantitative estimate of drug-likeness (QED) is 0.780. The lowest BCUT2D eigenvalue weighted by Crippen LogP contribution is -1.99. The van der Waals surface area contributed by atoms with Crippen LogP contribution in [-0.2, 0) is 6.42 Å². The van der Waals surface area contributed by atoms with Gasteiger partial charge >= 0.3 is 0 Å². The van der Waals surface area contributed by atoms with Crippen LogP contribution in [0, 0.1) is 22.7 Å². The number of nitrogens with zero attached hydrogens (tertiary/aromatic N) is 3. The number of nitriles is 2. The van der Waals surface area contributed by atoms with Crippen molar-refractivity contribution < 1.29 is 8.78 Å². The molecule has 0 amide bonds. The molecule has 0 saturated heterocycles. The Kier molecular flexibility index (Phi) is 3.54. The minimum absolute atomic E-state index is 0.00789. The highest BCUT2D eigenvalue weighted by molar-refractivity contribution is 6.32. The van der Waals surface area contributed by atoms with E-state index in [2.05, 4.69) is 4.98 Å². The SMILES string of the molecule is N#CCc1nc(C#N)cc(C(F)F)c1Cl. The summed E-state index contributed by atoms with van der Waals surface area (Å²) in [6, 6.07) is 4.30. The van der Waals surface area contributed by atoms with E-state index in [0.717, 1.165) is 6.07 Å². The maximum Gasteiger partial charge on any atom is 0.265 e. The van der Waals surface area contributed by atoms with Crippen molar-refractivity contribution in [1.82, 2.24) is 4.98 Å². The Morgan fingerprint density at radius 2 is 2.13 bits per heavy atom. The molecule has 0 atom stereocenters. The van der Waals surface area contributed by atoms with Crippen LogP contribution in [-0.4, -0.2) is 4.98 Å². The van der Waals surface area contributed by atoms with Gasteiger partial charge < -0.3 is 0 Å². The first kappa shape index (κ1) is 11.4. The average molecular weight is 228 g/mol. The molecule has 1 aromatic heterocycles. The maximum atomic E-state index is 12.5. The molecule has 0 unspecified atom stereocenters. The highest BCUT2D eigenvalue weighted by atomic mass is 35.5. The molecule has 3 nitrogen and oxygen atoms in total. The lowest BCUT2D eigenvalue weighted by Gasteiger charge is -2.06. The molecule has 76 valence electrons. The van der Waals surface area contributed by atoms with E-state index in [-0.39, 0.29) is 22.8 Å². The van der Waals surface area contributed by atoms with Gasteiger partial charge in [-0.25, -0.2) is 13.8 Å². The Morgan fingerprint density at radius 1 is 1.47 bits per heavy atom. The van der Waals surface area contributed by atoms with Crippen molar-refractivity contribution in [3.8, 4) is 12.1 Å². The number of hydrogen-bond donors (Lipinski definition) is 0. The lowest BCUT2D eigenvalue weighted by molar-refractivity contribution is 0.151. The zero-order chi connectivity index (χ0) is 11.4. The second-order valence-electron chi connectivity index (χ2n) is 2.60. The maximum absolute atomic E-state index is 12.5. The fourth-order valence-corrected chi connectivity index (χ4v) is 1.26. The van der Waals surface area contributed by atoms with Gasteiger partial charge in [-0.3, -0.25) is 0 Å². The summed E-state index contributed by atoms with van der Waals surface area (Å²) in [5.41, 5.74) is -0.623. The molecule has 1 heterocycles. The second-order valence-corrected chi connectivity index (χ2v) is 2.98. The van der Waals surface area contributed by atoms with Gasteiger partial charge in [-0.1, -0.05) is 11.6 Å². The van der Waals surface area contributed by atoms with Crippen LogP contribution in [0.2, 0.25) is 5.02 Å². The number of alkyl halides is 2. The van der Waals surface area contributed by atoms with Crippen LogP contribution >= 0.6 is 11.6 Å². The van der Waals surface area contributed by atoms with Crippen LogP contribution in [0.25, 0.3) is 0 Å². The zero-order valence-electron chi connectivity index (χ0n) is 7.34. The summed E-state index contributed by atoms with van der Waals surface area (Å²) in [5.74, 6) is 0. The van der Waals surface area contributed by atoms with Crippen molar-refractivity contribution >= 4 is 11.6 Å². The van der Waals surface area contributed by atoms with Gasteiger partial charge in [0, 0.05) is 5.56 Å². The summed E-state index contributed by atoms with van der Waals surface area (Å²) in [7, 11) is 0. The lowest BCUT2D eigenvalue weighted by atomic mass is 10.1. The molecule has 0 N–H and O–H groups in total. The molecule has 0 saturated carbocycles. The molecule has 0 bridgehead atoms. The minimum Gasteiger partial charge on any atom is -0.239 e. The van der Waals surface area contributed by atoms with Crippen molar-refractivity contribution in [1.29, 1.82) is 10.5 Å². The molecule has 1 aromatic rings. The van der Waals surface area contributed by atoms with Gasteiger partial charge in [-0.15, -0.1) is 0 Å². The van der Waals surface area contributed by atoms with Crippen LogP contribution in [0.3, 0.4) is 0 Å². The van der Waals surface area contributed by atoms with Crippen LogP contribution < -0.4 is 0 Å². The van der Waals surface area contributed by atoms with Crippen molar-refractivity contribution in [3.05, 3.63) is 28.0 Å². The molecule has 0 fully saturated rings. The van der Waals surface area contributed by atoms with E-state index in [4.69, 9.17) is 22.1 Å². The third-order valence-electron chi connectivity index (χ3n) is 1.65. The number of pyridine rings is 1. The van der Waals surface area contributed by atoms with Gasteiger partial charge in [0.05, 0.1) is 23.2 Å². The molecule has 0 aliphatic rings. The smallest absolute Gasteiger partial charge is 0.239 e. The Morgan fingerprint density at radius 3 is 2.60 bits per heavy atom. The van der Waals surface area contributed by atoms with E-state index in [1.807, 2.05) is 0 Å². The van der Waals surface area contributed by atoms with Crippen LogP contribution in [0.1, 0.15) is 23.4 Å². The van der Waals surface area contributed by atoms with Crippen LogP contribution in [0.15, 0.2) is 6.07 Å². The molecule has 0 aliphatic carbocycles. The standard InChI is InChI=1S/C9H4ClF2N3/c10-8-6(9(11)12)3-5(4-14)15-7(8)1-2-13/h3,9H,1H2. The first-order valence-electron chi connectivity index (χ1n) is 3.84. The molecule has 0 aliphatic heterocycles. The number of rotatable bonds is 2. The Balaban J connectivity index is 3.36. The molecule has 15 heavy (non-hydrogen) atoms. The Labute approximate surface area is 89.5 Å². The monoisotopic (exact) mass is 227 g/mol. The first-order chi connectivity index (χ1) is 7.10. The molecule has 0 aromatic carbocycles. The van der Waals surface area contributed by atoms with Gasteiger partial charge in [0.2, 0.25) is 0 Å². The van der Waals surface area contributed by atoms with Gasteiger partial charge in [0.1, 0.15) is 11.8 Å². The van der Waals surface area contributed by atoms with E-state index in [1.165, 1.54) is 0 Å². The Bertz CT molecular complexity index is 460. The van der Waals surface area contributed by atoms with E-state index < -0.39 is 12.0 Å². The van der Waals surface area contributed by atoms with Crippen LogP contribution in [0.4, 0.5) is 8.78 Å². The summed E-state index contributed by atoms with van der Waals surface area (Å²) < 4.78 is 24.9. The third-order valence-corrected chi connectivity index (χ3v) is 2.09. The fraction of sp³-hybridized carbons (Fsp3) is 0.222. The van der Waals surface area contributed by atoms with Gasteiger partial charge in [-0.2, -0.15) is 10.5 Å². The van der Waals surface area contributed by atoms with Crippen molar-refractivity contribution in [2.75, 3.05) is 0 Å². The molecular formula is C9H4ClF2N3. The molecule has 1 rings (SSSR count). The van der Waals surface area contributed by atoms with Gasteiger partial charge in [-0.05, 0) is 6.07 Å². The third kappa shape index (κ3) is 2.39. The molecule has 6 heteroatoms. The topological polar surface area (TPSA) is 60.5 Å².